The Morgan fingerprint density at radius 1 is 1.00 bits per heavy atom. The summed E-state index contributed by atoms with van der Waals surface area (Å²) in [5.41, 5.74) is 1.32. The Hall–Kier alpha value is -2.96. The number of aromatic nitrogens is 2. The van der Waals surface area contributed by atoms with Crippen LogP contribution in [0, 0.1) is 0 Å². The molecular weight excluding hydrogens is 355 g/mol. The van der Waals surface area contributed by atoms with Gasteiger partial charge in [0.05, 0.1) is 24.1 Å². The SMILES string of the molecule is CC(C)N(Cc1cnc[nH]1)c1ccc(Oc2ccc(C(F)(F)F)cc2)cc1. The fraction of sp³-hybridized carbons (Fsp3) is 0.250. The molecule has 2 aromatic carbocycles. The normalized spacial score (nSPS) is 11.6. The fourth-order valence-corrected chi connectivity index (χ4v) is 2.68. The second-order valence-corrected chi connectivity index (χ2v) is 6.42. The van der Waals surface area contributed by atoms with Gasteiger partial charge >= 0.3 is 6.18 Å². The number of nitrogens with one attached hydrogen (secondary N) is 1. The van der Waals surface area contributed by atoms with E-state index < -0.39 is 11.7 Å². The third-order valence-corrected chi connectivity index (χ3v) is 4.10. The van der Waals surface area contributed by atoms with E-state index in [2.05, 4.69) is 28.7 Å². The maximum atomic E-state index is 12.6. The number of imidazole rings is 1. The molecule has 0 spiro atoms. The number of halogens is 3. The van der Waals surface area contributed by atoms with E-state index in [0.717, 1.165) is 23.5 Å². The van der Waals surface area contributed by atoms with Gasteiger partial charge in [0.25, 0.3) is 0 Å². The predicted molar refractivity (Wildman–Crippen MR) is 97.9 cm³/mol. The molecule has 0 aliphatic heterocycles. The fourth-order valence-electron chi connectivity index (χ4n) is 2.68. The first-order valence-corrected chi connectivity index (χ1v) is 8.52. The maximum absolute atomic E-state index is 12.6. The Kier molecular flexibility index (Phi) is 5.39. The smallest absolute Gasteiger partial charge is 0.416 e. The number of aromatic amines is 1. The van der Waals surface area contributed by atoms with Crippen molar-refractivity contribution in [2.75, 3.05) is 4.90 Å². The van der Waals surface area contributed by atoms with Crippen molar-refractivity contribution >= 4 is 5.69 Å². The molecule has 1 N–H and O–H groups in total. The number of rotatable bonds is 6. The summed E-state index contributed by atoms with van der Waals surface area (Å²) in [4.78, 5) is 9.34. The molecular formula is C20H20F3N3O. The lowest BCUT2D eigenvalue weighted by Crippen LogP contribution is -2.30. The summed E-state index contributed by atoms with van der Waals surface area (Å²) in [5.74, 6) is 0.915. The first kappa shape index (κ1) is 18.8. The van der Waals surface area contributed by atoms with Gasteiger partial charge in [-0.05, 0) is 62.4 Å². The molecule has 4 nitrogen and oxygen atoms in total. The largest absolute Gasteiger partial charge is 0.457 e. The molecule has 0 radical (unpaired) electrons. The topological polar surface area (TPSA) is 41.2 Å². The maximum Gasteiger partial charge on any atom is 0.416 e. The number of benzene rings is 2. The minimum Gasteiger partial charge on any atom is -0.457 e. The van der Waals surface area contributed by atoms with Crippen LogP contribution in [0.4, 0.5) is 18.9 Å². The molecule has 3 aromatic rings. The van der Waals surface area contributed by atoms with Crippen LogP contribution < -0.4 is 9.64 Å². The number of nitrogens with zero attached hydrogens (tertiary/aromatic N) is 2. The highest BCUT2D eigenvalue weighted by Gasteiger charge is 2.30. The van der Waals surface area contributed by atoms with Gasteiger partial charge in [-0.15, -0.1) is 0 Å². The summed E-state index contributed by atoms with van der Waals surface area (Å²) in [6, 6.07) is 12.4. The minimum atomic E-state index is -4.35. The standard InChI is InChI=1S/C20H20F3N3O/c1-14(2)26(12-16-11-24-13-25-16)17-5-9-19(10-6-17)27-18-7-3-15(4-8-18)20(21,22)23/h3-11,13-14H,12H2,1-2H3,(H,24,25). The van der Waals surface area contributed by atoms with Gasteiger partial charge in [0.1, 0.15) is 11.5 Å². The van der Waals surface area contributed by atoms with Crippen LogP contribution in [0.15, 0.2) is 61.1 Å². The van der Waals surface area contributed by atoms with Gasteiger partial charge in [0, 0.05) is 17.9 Å². The van der Waals surface area contributed by atoms with E-state index in [0.29, 0.717) is 18.0 Å². The van der Waals surface area contributed by atoms with Gasteiger partial charge in [-0.3, -0.25) is 0 Å². The molecule has 0 bridgehead atoms. The highest BCUT2D eigenvalue weighted by molar-refractivity contribution is 5.50. The van der Waals surface area contributed by atoms with Crippen LogP contribution in [0.25, 0.3) is 0 Å². The highest BCUT2D eigenvalue weighted by Crippen LogP contribution is 2.32. The van der Waals surface area contributed by atoms with Crippen molar-refractivity contribution in [1.82, 2.24) is 9.97 Å². The molecule has 0 fully saturated rings. The number of H-pyrrole nitrogens is 1. The van der Waals surface area contributed by atoms with Crippen LogP contribution >= 0.6 is 0 Å². The molecule has 3 rings (SSSR count). The third-order valence-electron chi connectivity index (χ3n) is 4.10. The molecule has 0 amide bonds. The summed E-state index contributed by atoms with van der Waals surface area (Å²) >= 11 is 0. The zero-order valence-electron chi connectivity index (χ0n) is 15.0. The minimum absolute atomic E-state index is 0.273. The molecule has 1 aromatic heterocycles. The monoisotopic (exact) mass is 375 g/mol. The third kappa shape index (κ3) is 4.81. The Balaban J connectivity index is 1.70. The molecule has 7 heteroatoms. The van der Waals surface area contributed by atoms with Gasteiger partial charge in [-0.1, -0.05) is 0 Å². The lowest BCUT2D eigenvalue weighted by Gasteiger charge is -2.28. The van der Waals surface area contributed by atoms with Crippen LogP contribution in [-0.4, -0.2) is 16.0 Å². The van der Waals surface area contributed by atoms with Gasteiger partial charge < -0.3 is 14.6 Å². The summed E-state index contributed by atoms with van der Waals surface area (Å²) < 4.78 is 43.5. The number of ether oxygens (including phenoxy) is 1. The first-order chi connectivity index (χ1) is 12.8. The van der Waals surface area contributed by atoms with Crippen LogP contribution in [0.2, 0.25) is 0 Å². The first-order valence-electron chi connectivity index (χ1n) is 8.52. The Labute approximate surface area is 155 Å². The van der Waals surface area contributed by atoms with E-state index in [1.807, 2.05) is 12.1 Å². The van der Waals surface area contributed by atoms with Crippen LogP contribution in [0.1, 0.15) is 25.1 Å². The van der Waals surface area contributed by atoms with E-state index in [9.17, 15) is 13.2 Å². The molecule has 0 saturated heterocycles. The summed E-state index contributed by atoms with van der Waals surface area (Å²) in [5, 5.41) is 0. The van der Waals surface area contributed by atoms with Crippen LogP contribution in [-0.2, 0) is 12.7 Å². The van der Waals surface area contributed by atoms with Crippen molar-refractivity contribution in [3.8, 4) is 11.5 Å². The zero-order valence-corrected chi connectivity index (χ0v) is 15.0. The number of alkyl halides is 3. The molecule has 0 aliphatic rings. The van der Waals surface area contributed by atoms with Crippen molar-refractivity contribution in [2.24, 2.45) is 0 Å². The zero-order chi connectivity index (χ0) is 19.4. The average molecular weight is 375 g/mol. The van der Waals surface area contributed by atoms with Crippen LogP contribution in [0.5, 0.6) is 11.5 Å². The average Bonchev–Trinajstić information content (AvgIpc) is 3.13. The van der Waals surface area contributed by atoms with Gasteiger partial charge in [0.2, 0.25) is 0 Å². The van der Waals surface area contributed by atoms with E-state index in [1.54, 1.807) is 24.7 Å². The summed E-state index contributed by atoms with van der Waals surface area (Å²) in [7, 11) is 0. The predicted octanol–water partition coefficient (Wildman–Crippen LogP) is 5.64. The van der Waals surface area contributed by atoms with Gasteiger partial charge in [-0.2, -0.15) is 13.2 Å². The van der Waals surface area contributed by atoms with Crippen molar-refractivity contribution < 1.29 is 17.9 Å². The van der Waals surface area contributed by atoms with Gasteiger partial charge in [-0.25, -0.2) is 4.98 Å². The molecule has 0 atom stereocenters. The highest BCUT2D eigenvalue weighted by atomic mass is 19.4. The number of hydrogen-bond donors (Lipinski definition) is 1. The Morgan fingerprint density at radius 2 is 1.59 bits per heavy atom. The van der Waals surface area contributed by atoms with Crippen LogP contribution in [0.3, 0.4) is 0 Å². The Morgan fingerprint density at radius 3 is 2.07 bits per heavy atom. The summed E-state index contributed by atoms with van der Waals surface area (Å²) in [6.45, 7) is 4.89. The lowest BCUT2D eigenvalue weighted by atomic mass is 10.2. The van der Waals surface area contributed by atoms with Crippen molar-refractivity contribution in [3.05, 3.63) is 72.3 Å². The number of hydrogen-bond acceptors (Lipinski definition) is 3. The molecule has 1 heterocycles. The van der Waals surface area contributed by atoms with Crippen molar-refractivity contribution in [2.45, 2.75) is 32.6 Å². The van der Waals surface area contributed by atoms with E-state index in [-0.39, 0.29) is 6.04 Å². The molecule has 142 valence electrons. The quantitative estimate of drug-likeness (QED) is 0.606. The molecule has 27 heavy (non-hydrogen) atoms. The number of anilines is 1. The van der Waals surface area contributed by atoms with E-state index in [1.165, 1.54) is 12.1 Å². The molecule has 0 saturated carbocycles. The van der Waals surface area contributed by atoms with E-state index in [4.69, 9.17) is 4.74 Å². The van der Waals surface area contributed by atoms with Crippen molar-refractivity contribution in [1.29, 1.82) is 0 Å². The molecule has 0 aliphatic carbocycles. The second kappa shape index (κ2) is 7.73. The summed E-state index contributed by atoms with van der Waals surface area (Å²) in [6.07, 6.45) is -0.915. The van der Waals surface area contributed by atoms with E-state index >= 15 is 0 Å². The van der Waals surface area contributed by atoms with Gasteiger partial charge in [0.15, 0.2) is 0 Å². The lowest BCUT2D eigenvalue weighted by molar-refractivity contribution is -0.137. The second-order valence-electron chi connectivity index (χ2n) is 6.42. The van der Waals surface area contributed by atoms with Crippen molar-refractivity contribution in [3.63, 3.8) is 0 Å². The molecule has 0 unspecified atom stereocenters. The Bertz CT molecular complexity index is 842.